The average Bonchev–Trinajstić information content (AvgIpc) is 3.20. The molecule has 8 nitrogen and oxygen atoms in total. The van der Waals surface area contributed by atoms with Crippen LogP contribution in [0.1, 0.15) is 47.3 Å². The lowest BCUT2D eigenvalue weighted by molar-refractivity contribution is -0.116. The fourth-order valence-electron chi connectivity index (χ4n) is 4.59. The second kappa shape index (κ2) is 11.7. The summed E-state index contributed by atoms with van der Waals surface area (Å²) in [6.45, 7) is 8.37. The zero-order valence-electron chi connectivity index (χ0n) is 20.4. The van der Waals surface area contributed by atoms with Gasteiger partial charge in [0.15, 0.2) is 0 Å². The van der Waals surface area contributed by atoms with Gasteiger partial charge >= 0.3 is 6.09 Å². The molecule has 4 rings (SSSR count). The van der Waals surface area contributed by atoms with E-state index in [2.05, 4.69) is 17.0 Å². The van der Waals surface area contributed by atoms with Gasteiger partial charge in [0.05, 0.1) is 26.9 Å². The SMILES string of the molecule is C=NCc1c(NC(=O)CC(C)c2cccc(OC)c2)sc2c1CCC(OC(=O)N1CCOCC1)C2. The highest BCUT2D eigenvalue weighted by molar-refractivity contribution is 7.16. The van der Waals surface area contributed by atoms with Gasteiger partial charge in [0.25, 0.3) is 0 Å². The van der Waals surface area contributed by atoms with E-state index in [1.165, 1.54) is 5.56 Å². The van der Waals surface area contributed by atoms with Crippen molar-refractivity contribution < 1.29 is 23.8 Å². The summed E-state index contributed by atoms with van der Waals surface area (Å²) >= 11 is 1.56. The van der Waals surface area contributed by atoms with Crippen LogP contribution in [-0.2, 0) is 33.7 Å². The van der Waals surface area contributed by atoms with Gasteiger partial charge in [-0.1, -0.05) is 19.1 Å². The lowest BCUT2D eigenvalue weighted by atomic mass is 9.93. The normalized spacial score (nSPS) is 18.3. The zero-order valence-corrected chi connectivity index (χ0v) is 21.2. The molecule has 2 aliphatic rings. The summed E-state index contributed by atoms with van der Waals surface area (Å²) in [7, 11) is 1.64. The van der Waals surface area contributed by atoms with Crippen molar-refractivity contribution in [3.05, 3.63) is 45.8 Å². The molecule has 0 radical (unpaired) electrons. The first-order valence-corrected chi connectivity index (χ1v) is 12.8. The van der Waals surface area contributed by atoms with Gasteiger partial charge in [-0.15, -0.1) is 11.3 Å². The number of rotatable bonds is 8. The number of morpholine rings is 1. The van der Waals surface area contributed by atoms with Crippen LogP contribution in [-0.4, -0.2) is 63.1 Å². The van der Waals surface area contributed by atoms with Crippen LogP contribution in [0.2, 0.25) is 0 Å². The minimum atomic E-state index is -0.272. The minimum absolute atomic E-state index is 0.0421. The molecular formula is C26H33N3O5S. The summed E-state index contributed by atoms with van der Waals surface area (Å²) in [6.07, 6.45) is 2.11. The number of ether oxygens (including phenoxy) is 3. The third kappa shape index (κ3) is 6.21. The molecule has 2 atom stereocenters. The van der Waals surface area contributed by atoms with Crippen LogP contribution in [0.4, 0.5) is 9.80 Å². The lowest BCUT2D eigenvalue weighted by Crippen LogP contribution is -2.42. The van der Waals surface area contributed by atoms with E-state index in [0.717, 1.165) is 39.6 Å². The fraction of sp³-hybridized carbons (Fsp3) is 0.500. The summed E-state index contributed by atoms with van der Waals surface area (Å²) in [6, 6.07) is 7.81. The van der Waals surface area contributed by atoms with Crippen molar-refractivity contribution in [2.45, 2.75) is 51.2 Å². The number of hydrogen-bond donors (Lipinski definition) is 1. The highest BCUT2D eigenvalue weighted by Crippen LogP contribution is 2.39. The second-order valence-corrected chi connectivity index (χ2v) is 10.1. The summed E-state index contributed by atoms with van der Waals surface area (Å²) in [5.41, 5.74) is 3.29. The Morgan fingerprint density at radius 2 is 2.14 bits per heavy atom. The van der Waals surface area contributed by atoms with Crippen LogP contribution in [0.15, 0.2) is 29.3 Å². The van der Waals surface area contributed by atoms with Crippen molar-refractivity contribution in [2.75, 3.05) is 38.7 Å². The Morgan fingerprint density at radius 3 is 2.89 bits per heavy atom. The van der Waals surface area contributed by atoms with Crippen LogP contribution in [0.25, 0.3) is 0 Å². The molecule has 1 N–H and O–H groups in total. The van der Waals surface area contributed by atoms with Crippen LogP contribution in [0.3, 0.4) is 0 Å². The highest BCUT2D eigenvalue weighted by atomic mass is 32.1. The second-order valence-electron chi connectivity index (χ2n) is 8.97. The summed E-state index contributed by atoms with van der Waals surface area (Å²) in [4.78, 5) is 32.4. The summed E-state index contributed by atoms with van der Waals surface area (Å²) in [5, 5.41) is 3.94. The molecule has 9 heteroatoms. The monoisotopic (exact) mass is 499 g/mol. The van der Waals surface area contributed by atoms with E-state index in [-0.39, 0.29) is 24.0 Å². The molecule has 188 valence electrons. The average molecular weight is 500 g/mol. The molecule has 2 amide bonds. The van der Waals surface area contributed by atoms with Crippen molar-refractivity contribution in [3.63, 3.8) is 0 Å². The molecule has 1 aromatic carbocycles. The van der Waals surface area contributed by atoms with Gasteiger partial charge in [0.2, 0.25) is 5.91 Å². The predicted octanol–water partition coefficient (Wildman–Crippen LogP) is 4.42. The molecule has 35 heavy (non-hydrogen) atoms. The molecule has 0 spiro atoms. The standard InChI is InChI=1S/C26H33N3O5S/c1-17(18-5-4-6-19(14-18)32-3)13-24(30)28-25-22(16-27-2)21-8-7-20(15-23(21)35-25)34-26(31)29-9-11-33-12-10-29/h4-6,14,17,20H,2,7-13,15-16H2,1,3H3,(H,28,30). The van der Waals surface area contributed by atoms with Gasteiger partial charge in [-0.05, 0) is 48.7 Å². The van der Waals surface area contributed by atoms with Crippen LogP contribution in [0.5, 0.6) is 5.75 Å². The molecule has 1 saturated heterocycles. The number of benzene rings is 1. The predicted molar refractivity (Wildman–Crippen MR) is 137 cm³/mol. The molecule has 0 bridgehead atoms. The molecule has 1 fully saturated rings. The number of carbonyl (C=O) groups is 2. The Bertz CT molecular complexity index is 1060. The topological polar surface area (TPSA) is 89.5 Å². The van der Waals surface area contributed by atoms with E-state index in [1.54, 1.807) is 23.3 Å². The van der Waals surface area contributed by atoms with Crippen molar-refractivity contribution >= 4 is 35.1 Å². The number of aliphatic imine (C=N–C) groups is 1. The third-order valence-electron chi connectivity index (χ3n) is 6.54. The van der Waals surface area contributed by atoms with E-state index < -0.39 is 0 Å². The molecule has 1 aliphatic heterocycles. The van der Waals surface area contributed by atoms with E-state index in [0.29, 0.717) is 45.7 Å². The zero-order chi connectivity index (χ0) is 24.8. The molecule has 2 aromatic rings. The van der Waals surface area contributed by atoms with Crippen molar-refractivity contribution in [2.24, 2.45) is 4.99 Å². The number of carbonyl (C=O) groups excluding carboxylic acids is 2. The Kier molecular flexibility index (Phi) is 8.41. The lowest BCUT2D eigenvalue weighted by Gasteiger charge is -2.29. The van der Waals surface area contributed by atoms with Gasteiger partial charge in [-0.25, -0.2) is 4.79 Å². The maximum absolute atomic E-state index is 12.9. The van der Waals surface area contributed by atoms with Crippen LogP contribution < -0.4 is 10.1 Å². The van der Waals surface area contributed by atoms with Crippen molar-refractivity contribution in [3.8, 4) is 5.75 Å². The molecule has 2 unspecified atom stereocenters. The maximum atomic E-state index is 12.9. The first kappa shape index (κ1) is 25.2. The summed E-state index contributed by atoms with van der Waals surface area (Å²) < 4.78 is 16.4. The quantitative estimate of drug-likeness (QED) is 0.543. The largest absolute Gasteiger partial charge is 0.497 e. The van der Waals surface area contributed by atoms with Crippen molar-refractivity contribution in [1.29, 1.82) is 0 Å². The number of nitrogens with zero attached hydrogens (tertiary/aromatic N) is 2. The van der Waals surface area contributed by atoms with Crippen LogP contribution in [0, 0.1) is 0 Å². The minimum Gasteiger partial charge on any atom is -0.497 e. The number of nitrogens with one attached hydrogen (secondary N) is 1. The van der Waals surface area contributed by atoms with E-state index in [4.69, 9.17) is 14.2 Å². The van der Waals surface area contributed by atoms with Gasteiger partial charge in [0.1, 0.15) is 16.9 Å². The molecule has 1 aromatic heterocycles. The van der Waals surface area contributed by atoms with Crippen molar-refractivity contribution in [1.82, 2.24) is 4.90 Å². The number of thiophene rings is 1. The fourth-order valence-corrected chi connectivity index (χ4v) is 5.93. The van der Waals surface area contributed by atoms with Gasteiger partial charge in [0, 0.05) is 36.4 Å². The number of fused-ring (bicyclic) bond motifs is 1. The van der Waals surface area contributed by atoms with Gasteiger partial charge < -0.3 is 24.4 Å². The first-order chi connectivity index (χ1) is 17.0. The number of hydrogen-bond acceptors (Lipinski definition) is 7. The van der Waals surface area contributed by atoms with Crippen LogP contribution >= 0.6 is 11.3 Å². The Hall–Kier alpha value is -2.91. The first-order valence-electron chi connectivity index (χ1n) is 12.0. The van der Waals surface area contributed by atoms with E-state index in [9.17, 15) is 9.59 Å². The Morgan fingerprint density at radius 1 is 1.34 bits per heavy atom. The smallest absolute Gasteiger partial charge is 0.410 e. The van der Waals surface area contributed by atoms with Gasteiger partial charge in [-0.3, -0.25) is 9.79 Å². The van der Waals surface area contributed by atoms with E-state index in [1.807, 2.05) is 31.2 Å². The molecule has 0 saturated carbocycles. The number of methoxy groups -OCH3 is 1. The maximum Gasteiger partial charge on any atom is 0.410 e. The summed E-state index contributed by atoms with van der Waals surface area (Å²) in [5.74, 6) is 0.785. The van der Waals surface area contributed by atoms with Gasteiger partial charge in [-0.2, -0.15) is 0 Å². The number of amides is 2. The molecular weight excluding hydrogens is 466 g/mol. The molecule has 2 heterocycles. The Balaban J connectivity index is 1.41. The van der Waals surface area contributed by atoms with E-state index >= 15 is 0 Å². The molecule has 1 aliphatic carbocycles. The Labute approximate surface area is 210 Å². The highest BCUT2D eigenvalue weighted by Gasteiger charge is 2.30. The number of anilines is 1. The third-order valence-corrected chi connectivity index (χ3v) is 7.76.